The second kappa shape index (κ2) is 8.57. The Labute approximate surface area is 116 Å². The number of unbranched alkanes of at least 4 members (excludes halogenated alkanes) is 2. The van der Waals surface area contributed by atoms with Crippen LogP contribution in [0, 0.1) is 0 Å². The van der Waals surface area contributed by atoms with Crippen LogP contribution in [0.2, 0.25) is 0 Å². The largest absolute Gasteiger partial charge is 0.462 e. The Morgan fingerprint density at radius 1 is 1.11 bits per heavy atom. The topological polar surface area (TPSA) is 29.5 Å². The average molecular weight is 263 g/mol. The van der Waals surface area contributed by atoms with Gasteiger partial charge in [-0.15, -0.1) is 0 Å². The van der Waals surface area contributed by atoms with Gasteiger partial charge >= 0.3 is 5.97 Å². The Balaban J connectivity index is 2.73. The normalized spacial score (nSPS) is 10.3. The fourth-order valence-corrected chi connectivity index (χ4v) is 2.08. The molecule has 106 valence electrons. The lowest BCUT2D eigenvalue weighted by Gasteiger charge is -2.23. The molecule has 0 spiro atoms. The molecule has 1 aromatic carbocycles. The summed E-state index contributed by atoms with van der Waals surface area (Å²) >= 11 is 0. The Kier molecular flexibility index (Phi) is 7.01. The van der Waals surface area contributed by atoms with E-state index in [4.69, 9.17) is 4.74 Å². The Morgan fingerprint density at radius 3 is 2.42 bits per heavy atom. The molecule has 0 radical (unpaired) electrons. The van der Waals surface area contributed by atoms with Crippen molar-refractivity contribution in [3.8, 4) is 0 Å². The number of carbonyl (C=O) groups is 1. The summed E-state index contributed by atoms with van der Waals surface area (Å²) in [5.41, 5.74) is 1.63. The smallest absolute Gasteiger partial charge is 0.340 e. The highest BCUT2D eigenvalue weighted by Gasteiger charge is 2.15. The van der Waals surface area contributed by atoms with E-state index in [0.717, 1.165) is 38.0 Å². The van der Waals surface area contributed by atoms with Crippen molar-refractivity contribution >= 4 is 11.7 Å². The summed E-state index contributed by atoms with van der Waals surface area (Å²) in [6.07, 6.45) is 3.17. The summed E-state index contributed by atoms with van der Waals surface area (Å²) in [6.45, 7) is 8.60. The van der Waals surface area contributed by atoms with Gasteiger partial charge in [0.2, 0.25) is 0 Å². The molecule has 0 fully saturated rings. The van der Waals surface area contributed by atoms with E-state index in [1.54, 1.807) is 0 Å². The number of para-hydroxylation sites is 1. The highest BCUT2D eigenvalue weighted by atomic mass is 16.5. The first-order valence-electron chi connectivity index (χ1n) is 7.25. The predicted molar refractivity (Wildman–Crippen MR) is 79.8 cm³/mol. The van der Waals surface area contributed by atoms with Crippen LogP contribution in [0.4, 0.5) is 5.69 Å². The molecule has 1 rings (SSSR count). The summed E-state index contributed by atoms with van der Waals surface area (Å²) in [4.78, 5) is 14.3. The molecule has 0 aliphatic heterocycles. The molecule has 0 aliphatic rings. The van der Waals surface area contributed by atoms with Crippen LogP contribution in [-0.4, -0.2) is 25.7 Å². The number of hydrogen-bond acceptors (Lipinski definition) is 3. The molecule has 0 heterocycles. The summed E-state index contributed by atoms with van der Waals surface area (Å²) in [5, 5.41) is 0. The number of benzene rings is 1. The summed E-state index contributed by atoms with van der Waals surface area (Å²) in [5.74, 6) is -0.210. The third-order valence-electron chi connectivity index (χ3n) is 3.21. The van der Waals surface area contributed by atoms with Crippen LogP contribution < -0.4 is 4.90 Å². The van der Waals surface area contributed by atoms with Gasteiger partial charge in [-0.1, -0.05) is 31.9 Å². The second-order valence-corrected chi connectivity index (χ2v) is 4.53. The number of nitrogens with zero attached hydrogens (tertiary/aromatic N) is 1. The zero-order valence-corrected chi connectivity index (χ0v) is 12.3. The second-order valence-electron chi connectivity index (χ2n) is 4.53. The maximum Gasteiger partial charge on any atom is 0.340 e. The van der Waals surface area contributed by atoms with Gasteiger partial charge in [0.15, 0.2) is 0 Å². The minimum Gasteiger partial charge on any atom is -0.462 e. The van der Waals surface area contributed by atoms with Crippen molar-refractivity contribution in [3.63, 3.8) is 0 Å². The number of rotatable bonds is 8. The molecule has 0 aromatic heterocycles. The molecule has 0 aliphatic carbocycles. The van der Waals surface area contributed by atoms with Gasteiger partial charge in [0.25, 0.3) is 0 Å². The van der Waals surface area contributed by atoms with Gasteiger partial charge in [0.1, 0.15) is 0 Å². The average Bonchev–Trinajstić information content (AvgIpc) is 2.45. The first-order chi connectivity index (χ1) is 9.24. The molecular weight excluding hydrogens is 238 g/mol. The monoisotopic (exact) mass is 263 g/mol. The zero-order chi connectivity index (χ0) is 14.1. The number of ether oxygens (including phenoxy) is 1. The molecule has 3 nitrogen and oxygen atoms in total. The van der Waals surface area contributed by atoms with Crippen LogP contribution in [-0.2, 0) is 4.74 Å². The summed E-state index contributed by atoms with van der Waals surface area (Å²) in [6, 6.07) is 7.67. The first kappa shape index (κ1) is 15.5. The molecule has 0 unspecified atom stereocenters. The van der Waals surface area contributed by atoms with Gasteiger partial charge in [-0.2, -0.15) is 0 Å². The number of anilines is 1. The van der Waals surface area contributed by atoms with E-state index >= 15 is 0 Å². The van der Waals surface area contributed by atoms with Crippen LogP contribution in [0.5, 0.6) is 0 Å². The lowest BCUT2D eigenvalue weighted by molar-refractivity contribution is 0.0499. The van der Waals surface area contributed by atoms with Gasteiger partial charge in [0, 0.05) is 13.1 Å². The quantitative estimate of drug-likeness (QED) is 0.526. The Morgan fingerprint density at radius 2 is 1.79 bits per heavy atom. The Hall–Kier alpha value is -1.51. The number of carbonyl (C=O) groups excluding carboxylic acids is 1. The molecule has 0 saturated heterocycles. The van der Waals surface area contributed by atoms with E-state index in [0.29, 0.717) is 12.2 Å². The summed E-state index contributed by atoms with van der Waals surface area (Å²) < 4.78 is 5.34. The first-order valence-corrected chi connectivity index (χ1v) is 7.25. The molecule has 0 atom stereocenters. The van der Waals surface area contributed by atoms with E-state index in [1.807, 2.05) is 24.3 Å². The molecule has 19 heavy (non-hydrogen) atoms. The van der Waals surface area contributed by atoms with Gasteiger partial charge in [0.05, 0.1) is 17.9 Å². The Bertz CT molecular complexity index is 386. The van der Waals surface area contributed by atoms with Crippen molar-refractivity contribution < 1.29 is 9.53 Å². The van der Waals surface area contributed by atoms with Crippen molar-refractivity contribution in [1.29, 1.82) is 0 Å². The van der Waals surface area contributed by atoms with Gasteiger partial charge in [-0.25, -0.2) is 4.79 Å². The van der Waals surface area contributed by atoms with Crippen LogP contribution in [0.1, 0.15) is 50.4 Å². The fourth-order valence-electron chi connectivity index (χ4n) is 2.08. The van der Waals surface area contributed by atoms with Crippen LogP contribution in [0.15, 0.2) is 24.3 Å². The van der Waals surface area contributed by atoms with Crippen molar-refractivity contribution in [2.24, 2.45) is 0 Å². The third kappa shape index (κ3) is 4.58. The minimum absolute atomic E-state index is 0.210. The molecular formula is C16H25NO2. The maximum absolute atomic E-state index is 12.1. The van der Waals surface area contributed by atoms with Crippen molar-refractivity contribution in [2.45, 2.75) is 40.0 Å². The molecule has 0 bridgehead atoms. The lowest BCUT2D eigenvalue weighted by Crippen LogP contribution is -2.24. The maximum atomic E-state index is 12.1. The number of hydrogen-bond donors (Lipinski definition) is 0. The van der Waals surface area contributed by atoms with Crippen molar-refractivity contribution in [2.75, 3.05) is 24.6 Å². The van der Waals surface area contributed by atoms with Crippen LogP contribution >= 0.6 is 0 Å². The van der Waals surface area contributed by atoms with E-state index in [1.165, 1.54) is 0 Å². The van der Waals surface area contributed by atoms with Gasteiger partial charge in [-0.3, -0.25) is 0 Å². The van der Waals surface area contributed by atoms with Gasteiger partial charge in [-0.05, 0) is 32.4 Å². The molecule has 0 N–H and O–H groups in total. The van der Waals surface area contributed by atoms with E-state index in [2.05, 4.69) is 25.7 Å². The van der Waals surface area contributed by atoms with E-state index < -0.39 is 0 Å². The highest BCUT2D eigenvalue weighted by Crippen LogP contribution is 2.21. The standard InChI is InChI=1S/C16H25NO2/c1-4-7-10-13-19-16(18)14-11-8-9-12-15(14)17(5-2)6-3/h8-9,11-12H,4-7,10,13H2,1-3H3. The van der Waals surface area contributed by atoms with Gasteiger partial charge < -0.3 is 9.64 Å². The van der Waals surface area contributed by atoms with Crippen molar-refractivity contribution in [3.05, 3.63) is 29.8 Å². The van der Waals surface area contributed by atoms with Crippen molar-refractivity contribution in [1.82, 2.24) is 0 Å². The zero-order valence-electron chi connectivity index (χ0n) is 12.3. The fraction of sp³-hybridized carbons (Fsp3) is 0.562. The summed E-state index contributed by atoms with van der Waals surface area (Å²) in [7, 11) is 0. The third-order valence-corrected chi connectivity index (χ3v) is 3.21. The molecule has 1 aromatic rings. The molecule has 0 amide bonds. The lowest BCUT2D eigenvalue weighted by atomic mass is 10.1. The molecule has 3 heteroatoms. The predicted octanol–water partition coefficient (Wildman–Crippen LogP) is 3.88. The molecule has 0 saturated carbocycles. The highest BCUT2D eigenvalue weighted by molar-refractivity contribution is 5.95. The SMILES string of the molecule is CCCCCOC(=O)c1ccccc1N(CC)CC. The minimum atomic E-state index is -0.210. The van der Waals surface area contributed by atoms with E-state index in [9.17, 15) is 4.79 Å². The van der Waals surface area contributed by atoms with E-state index in [-0.39, 0.29) is 5.97 Å². The van der Waals surface area contributed by atoms with Crippen LogP contribution in [0.25, 0.3) is 0 Å². The number of esters is 1. The van der Waals surface area contributed by atoms with Crippen LogP contribution in [0.3, 0.4) is 0 Å².